The largest absolute Gasteiger partial charge is 0.470 e. The number of thiophene rings is 1. The quantitative estimate of drug-likeness (QED) is 0.832. The van der Waals surface area contributed by atoms with Gasteiger partial charge in [-0.1, -0.05) is 0 Å². The predicted octanol–water partition coefficient (Wildman–Crippen LogP) is 2.44. The van der Waals surface area contributed by atoms with E-state index in [2.05, 4.69) is 31.1 Å². The summed E-state index contributed by atoms with van der Waals surface area (Å²) in [5.41, 5.74) is 10.8. The molecule has 2 aromatic heterocycles. The highest BCUT2D eigenvalue weighted by Gasteiger charge is 2.14. The van der Waals surface area contributed by atoms with E-state index in [1.807, 2.05) is 11.4 Å². The third kappa shape index (κ3) is 2.74. The van der Waals surface area contributed by atoms with E-state index in [1.54, 1.807) is 0 Å². The van der Waals surface area contributed by atoms with Gasteiger partial charge in [-0.25, -0.2) is 0 Å². The van der Waals surface area contributed by atoms with Gasteiger partial charge in [0.25, 0.3) is 5.88 Å². The molecule has 0 aliphatic carbocycles. The highest BCUT2D eigenvalue weighted by atomic mass is 79.9. The molecule has 9 heteroatoms. The van der Waals surface area contributed by atoms with Gasteiger partial charge in [0, 0.05) is 14.7 Å². The second-order valence-electron chi connectivity index (χ2n) is 3.23. The molecular formula is C9H8BrN5O2S. The number of rotatable bonds is 4. The van der Waals surface area contributed by atoms with Gasteiger partial charge in [-0.3, -0.25) is 0 Å². The van der Waals surface area contributed by atoms with Crippen molar-refractivity contribution in [3.63, 3.8) is 0 Å². The molecule has 0 spiro atoms. The highest BCUT2D eigenvalue weighted by Crippen LogP contribution is 2.32. The predicted molar refractivity (Wildman–Crippen MR) is 72.7 cm³/mol. The zero-order chi connectivity index (χ0) is 13.1. The molecule has 0 saturated heterocycles. The number of nitroso groups, excluding NO2 is 1. The van der Waals surface area contributed by atoms with Crippen molar-refractivity contribution in [2.75, 3.05) is 11.5 Å². The standard InChI is InChI=1S/C9H8BrN5O2S/c10-4-1-5(18-3-4)2-17-8-6(15-16)7(11)13-9(12)14-8/h1,3H,2H2,(H4,11,12,13,14). The van der Waals surface area contributed by atoms with Gasteiger partial charge in [0.05, 0.1) is 0 Å². The molecule has 0 atom stereocenters. The summed E-state index contributed by atoms with van der Waals surface area (Å²) in [6.07, 6.45) is 0. The number of nitrogen functional groups attached to an aromatic ring is 2. The van der Waals surface area contributed by atoms with Crippen molar-refractivity contribution in [1.82, 2.24) is 9.97 Å². The summed E-state index contributed by atoms with van der Waals surface area (Å²) in [5.74, 6) is -0.179. The Bertz CT molecular complexity index is 588. The molecule has 2 heterocycles. The SMILES string of the molecule is Nc1nc(N)c(N=O)c(OCc2cc(Br)cs2)n1. The van der Waals surface area contributed by atoms with Crippen LogP contribution in [0.4, 0.5) is 17.5 Å². The van der Waals surface area contributed by atoms with Gasteiger partial charge >= 0.3 is 0 Å². The van der Waals surface area contributed by atoms with Crippen LogP contribution < -0.4 is 16.2 Å². The summed E-state index contributed by atoms with van der Waals surface area (Å²) in [5, 5.41) is 4.66. The van der Waals surface area contributed by atoms with Crippen LogP contribution in [-0.4, -0.2) is 9.97 Å². The normalized spacial score (nSPS) is 10.3. The van der Waals surface area contributed by atoms with Crippen LogP contribution in [0.3, 0.4) is 0 Å². The van der Waals surface area contributed by atoms with Crippen LogP contribution in [-0.2, 0) is 6.61 Å². The van der Waals surface area contributed by atoms with Crippen molar-refractivity contribution in [3.05, 3.63) is 25.7 Å². The molecule has 4 N–H and O–H groups in total. The average Bonchev–Trinajstić information content (AvgIpc) is 2.72. The van der Waals surface area contributed by atoms with E-state index in [-0.39, 0.29) is 29.9 Å². The van der Waals surface area contributed by atoms with Crippen LogP contribution in [0, 0.1) is 4.91 Å². The zero-order valence-electron chi connectivity index (χ0n) is 8.96. The topological polar surface area (TPSA) is 116 Å². The number of hydrogen-bond donors (Lipinski definition) is 2. The van der Waals surface area contributed by atoms with Gasteiger partial charge in [0.2, 0.25) is 11.6 Å². The van der Waals surface area contributed by atoms with Crippen LogP contribution in [0.1, 0.15) is 4.88 Å². The first-order valence-corrected chi connectivity index (χ1v) is 6.39. The molecule has 0 aromatic carbocycles. The molecule has 0 saturated carbocycles. The first kappa shape index (κ1) is 12.7. The van der Waals surface area contributed by atoms with Gasteiger partial charge in [-0.05, 0) is 27.2 Å². The van der Waals surface area contributed by atoms with E-state index < -0.39 is 0 Å². The Morgan fingerprint density at radius 1 is 1.44 bits per heavy atom. The molecule has 2 aromatic rings. The monoisotopic (exact) mass is 329 g/mol. The maximum absolute atomic E-state index is 10.6. The second kappa shape index (κ2) is 5.27. The maximum atomic E-state index is 10.6. The summed E-state index contributed by atoms with van der Waals surface area (Å²) >= 11 is 4.83. The minimum atomic E-state index is -0.139. The van der Waals surface area contributed by atoms with Gasteiger partial charge in [0.15, 0.2) is 5.82 Å². The first-order valence-electron chi connectivity index (χ1n) is 4.72. The molecule has 0 amide bonds. The van der Waals surface area contributed by atoms with Gasteiger partial charge in [-0.2, -0.15) is 9.97 Å². The Labute approximate surface area is 114 Å². The van der Waals surface area contributed by atoms with Gasteiger partial charge in [0.1, 0.15) is 6.61 Å². The number of ether oxygens (including phenoxy) is 1. The Morgan fingerprint density at radius 2 is 2.22 bits per heavy atom. The van der Waals surface area contributed by atoms with Crippen LogP contribution in [0.25, 0.3) is 0 Å². The molecule has 94 valence electrons. The average molecular weight is 330 g/mol. The van der Waals surface area contributed by atoms with Crippen LogP contribution in [0.2, 0.25) is 0 Å². The Kier molecular flexibility index (Phi) is 3.72. The van der Waals surface area contributed by atoms with Crippen molar-refractivity contribution in [2.24, 2.45) is 5.18 Å². The Morgan fingerprint density at radius 3 is 2.83 bits per heavy atom. The van der Waals surface area contributed by atoms with Gasteiger partial charge in [-0.15, -0.1) is 16.2 Å². The number of nitrogens with zero attached hydrogens (tertiary/aromatic N) is 3. The summed E-state index contributed by atoms with van der Waals surface area (Å²) < 4.78 is 6.33. The van der Waals surface area contributed by atoms with E-state index in [4.69, 9.17) is 16.2 Å². The van der Waals surface area contributed by atoms with E-state index in [1.165, 1.54) is 11.3 Å². The molecule has 0 radical (unpaired) electrons. The molecular weight excluding hydrogens is 322 g/mol. The van der Waals surface area contributed by atoms with Crippen molar-refractivity contribution in [3.8, 4) is 5.88 Å². The fourth-order valence-electron chi connectivity index (χ4n) is 1.22. The van der Waals surface area contributed by atoms with E-state index in [0.29, 0.717) is 0 Å². The van der Waals surface area contributed by atoms with Crippen molar-refractivity contribution in [1.29, 1.82) is 0 Å². The third-order valence-corrected chi connectivity index (χ3v) is 3.63. The Balaban J connectivity index is 2.20. The van der Waals surface area contributed by atoms with Crippen LogP contribution in [0.5, 0.6) is 5.88 Å². The number of anilines is 2. The minimum absolute atomic E-state index is 0.0143. The van der Waals surface area contributed by atoms with E-state index >= 15 is 0 Å². The van der Waals surface area contributed by atoms with Crippen LogP contribution in [0.15, 0.2) is 21.1 Å². The minimum Gasteiger partial charge on any atom is -0.470 e. The first-order chi connectivity index (χ1) is 8.60. The summed E-state index contributed by atoms with van der Waals surface area (Å²) in [4.78, 5) is 19.0. The molecule has 7 nitrogen and oxygen atoms in total. The number of hydrogen-bond acceptors (Lipinski definition) is 8. The Hall–Kier alpha value is -1.74. The second-order valence-corrected chi connectivity index (χ2v) is 5.14. The summed E-state index contributed by atoms with van der Waals surface area (Å²) in [6.45, 7) is 0.245. The van der Waals surface area contributed by atoms with Crippen molar-refractivity contribution in [2.45, 2.75) is 6.61 Å². The fourth-order valence-corrected chi connectivity index (χ4v) is 2.59. The molecule has 0 fully saturated rings. The van der Waals surface area contributed by atoms with E-state index in [0.717, 1.165) is 9.35 Å². The maximum Gasteiger partial charge on any atom is 0.251 e. The lowest BCUT2D eigenvalue weighted by Crippen LogP contribution is -2.04. The summed E-state index contributed by atoms with van der Waals surface area (Å²) in [7, 11) is 0. The molecule has 0 unspecified atom stereocenters. The third-order valence-electron chi connectivity index (χ3n) is 1.96. The summed E-state index contributed by atoms with van der Waals surface area (Å²) in [6, 6.07) is 1.90. The molecule has 0 aliphatic rings. The molecule has 0 aliphatic heterocycles. The molecule has 0 bridgehead atoms. The number of halogens is 1. The number of nitrogens with two attached hydrogens (primary N) is 2. The van der Waals surface area contributed by atoms with E-state index in [9.17, 15) is 4.91 Å². The van der Waals surface area contributed by atoms with Crippen molar-refractivity contribution >= 4 is 44.7 Å². The molecule has 2 rings (SSSR count). The highest BCUT2D eigenvalue weighted by molar-refractivity contribution is 9.10. The fraction of sp³-hybridized carbons (Fsp3) is 0.111. The van der Waals surface area contributed by atoms with Crippen LogP contribution >= 0.6 is 27.3 Å². The number of aromatic nitrogens is 2. The lowest BCUT2D eigenvalue weighted by atomic mass is 10.4. The molecule has 18 heavy (non-hydrogen) atoms. The zero-order valence-corrected chi connectivity index (χ0v) is 11.4. The lowest BCUT2D eigenvalue weighted by Gasteiger charge is -2.07. The smallest absolute Gasteiger partial charge is 0.251 e. The lowest BCUT2D eigenvalue weighted by molar-refractivity contribution is 0.299. The van der Waals surface area contributed by atoms with Gasteiger partial charge < -0.3 is 16.2 Å². The van der Waals surface area contributed by atoms with Crippen molar-refractivity contribution < 1.29 is 4.74 Å².